The van der Waals surface area contributed by atoms with Crippen LogP contribution < -0.4 is 11.5 Å². The largest absolute Gasteiger partial charge is 0.481 e. The summed E-state index contributed by atoms with van der Waals surface area (Å²) in [6, 6.07) is -1.05. The number of nitrogens with zero attached hydrogens (tertiary/aromatic N) is 4. The lowest BCUT2D eigenvalue weighted by atomic mass is 9.96. The molecule has 0 saturated carbocycles. The molecule has 0 aromatic carbocycles. The van der Waals surface area contributed by atoms with E-state index in [4.69, 9.17) is 42.4 Å². The van der Waals surface area contributed by atoms with Crippen LogP contribution >= 0.6 is 14.5 Å². The molecule has 2 aliphatic heterocycles. The molecule has 4 rings (SSSR count). The number of aliphatic hydroxyl groups excluding tert-OH is 6. The molecule has 0 aliphatic carbocycles. The molecule has 23 heteroatoms. The average Bonchev–Trinajstić information content (AvgIpc) is 3.43. The third-order valence-corrected chi connectivity index (χ3v) is 9.61. The van der Waals surface area contributed by atoms with Crippen LogP contribution in [0.4, 0.5) is 5.82 Å². The third kappa shape index (κ3) is 6.51. The van der Waals surface area contributed by atoms with E-state index in [2.05, 4.69) is 23.8 Å². The topological polar surface area (TPSA) is 321 Å². The Morgan fingerprint density at radius 2 is 1.80 bits per heavy atom. The number of nitrogen functional groups attached to an aromatic ring is 1. The van der Waals surface area contributed by atoms with Crippen molar-refractivity contribution in [2.75, 3.05) is 18.9 Å². The van der Waals surface area contributed by atoms with E-state index in [0.717, 1.165) is 0 Å². The first-order valence-corrected chi connectivity index (χ1v) is 15.4. The molecule has 2 aromatic heterocycles. The van der Waals surface area contributed by atoms with E-state index < -0.39 is 89.0 Å². The molecule has 7 unspecified atom stereocenters. The zero-order valence-corrected chi connectivity index (χ0v) is 22.7. The monoisotopic (exact) mass is 634 g/mol. The first-order chi connectivity index (χ1) is 18.7. The highest BCUT2D eigenvalue weighted by Crippen LogP contribution is 2.61. The Bertz CT molecular complexity index is 1290. The van der Waals surface area contributed by atoms with Crippen LogP contribution in [0.5, 0.6) is 0 Å². The molecule has 12 atom stereocenters. The van der Waals surface area contributed by atoms with Gasteiger partial charge in [0.15, 0.2) is 24.0 Å². The molecule has 226 valence electrons. The maximum absolute atomic E-state index is 12.5. The van der Waals surface area contributed by atoms with Crippen molar-refractivity contribution in [3.8, 4) is 0 Å². The van der Waals surface area contributed by atoms with Crippen molar-refractivity contribution in [3.63, 3.8) is 0 Å². The summed E-state index contributed by atoms with van der Waals surface area (Å²) in [5.41, 5.74) is 12.4. The first-order valence-electron chi connectivity index (χ1n) is 11.4. The fourth-order valence-electron chi connectivity index (χ4n) is 4.07. The van der Waals surface area contributed by atoms with Gasteiger partial charge in [0, 0.05) is 0 Å². The number of aromatic nitrogens is 4. The van der Waals surface area contributed by atoms with Gasteiger partial charge in [0.05, 0.1) is 25.6 Å². The second-order valence-electron chi connectivity index (χ2n) is 8.83. The predicted molar refractivity (Wildman–Crippen MR) is 132 cm³/mol. The van der Waals surface area contributed by atoms with Gasteiger partial charge in [-0.05, 0) is 11.8 Å². The van der Waals surface area contributed by atoms with Crippen LogP contribution in [-0.2, 0) is 39.2 Å². The zero-order chi connectivity index (χ0) is 29.6. The van der Waals surface area contributed by atoms with Crippen molar-refractivity contribution in [1.82, 2.24) is 19.5 Å². The maximum atomic E-state index is 12.5. The molecule has 20 nitrogen and oxygen atoms in total. The van der Waals surface area contributed by atoms with Crippen molar-refractivity contribution >= 4 is 43.3 Å². The van der Waals surface area contributed by atoms with Gasteiger partial charge < -0.3 is 65.9 Å². The summed E-state index contributed by atoms with van der Waals surface area (Å²) in [6.45, 7) is -6.24. The number of hydrogen-bond donors (Lipinski definition) is 10. The number of imidazole rings is 1. The quantitative estimate of drug-likeness (QED) is 0.110. The van der Waals surface area contributed by atoms with Crippen LogP contribution in [0.1, 0.15) is 6.23 Å². The summed E-state index contributed by atoms with van der Waals surface area (Å²) >= 11 is 4.73. The van der Waals surface area contributed by atoms with Crippen molar-refractivity contribution in [1.29, 1.82) is 0 Å². The predicted octanol–water partition coefficient (Wildman–Crippen LogP) is -4.48. The number of phosphoric ester groups is 1. The highest BCUT2D eigenvalue weighted by atomic mass is 32.5. The van der Waals surface area contributed by atoms with E-state index in [1.54, 1.807) is 0 Å². The molecular formula is C17H28N6O14P2S. The van der Waals surface area contributed by atoms with Gasteiger partial charge in [0.1, 0.15) is 54.6 Å². The summed E-state index contributed by atoms with van der Waals surface area (Å²) in [5.74, 6) is 0.0986. The minimum atomic E-state index is -5.42. The number of nitrogens with two attached hydrogens (primary N) is 2. The standard InChI is InChI=1S/C17H28N6O14P2S/c18-7-9(26)6(34-16(7)23-4-22-8-14(19)20-3-21-15(8)23)2-33-39(32,40)37-38(30,31)36-17-12(29)10(27)11(28)13(35-17)5(25)1-24/h3-7,9-13,16-17,24-29H,1-2,18H2,(H,30,31)(H,32,40)(H2,19,20,21)/t5-,6+,7+,9+,10?,11?,12?,13?,16+,17?,39?/m0/s1. The second-order valence-corrected chi connectivity index (χ2v) is 13.2. The van der Waals surface area contributed by atoms with Crippen LogP contribution in [0.15, 0.2) is 12.7 Å². The van der Waals surface area contributed by atoms with Crippen molar-refractivity contribution < 1.29 is 67.8 Å². The van der Waals surface area contributed by atoms with Gasteiger partial charge in [-0.25, -0.2) is 23.8 Å². The Morgan fingerprint density at radius 3 is 2.48 bits per heavy atom. The summed E-state index contributed by atoms with van der Waals surface area (Å²) < 4.78 is 38.8. The van der Waals surface area contributed by atoms with E-state index >= 15 is 0 Å². The van der Waals surface area contributed by atoms with E-state index in [-0.39, 0.29) is 17.0 Å². The number of anilines is 1. The molecule has 0 bridgehead atoms. The van der Waals surface area contributed by atoms with Crippen LogP contribution in [0.2, 0.25) is 0 Å². The fourth-order valence-corrected chi connectivity index (χ4v) is 7.17. The Morgan fingerprint density at radius 1 is 1.10 bits per heavy atom. The maximum Gasteiger partial charge on any atom is 0.481 e. The van der Waals surface area contributed by atoms with Gasteiger partial charge in [0.25, 0.3) is 0 Å². The van der Waals surface area contributed by atoms with Crippen molar-refractivity contribution in [3.05, 3.63) is 12.7 Å². The molecule has 0 amide bonds. The lowest BCUT2D eigenvalue weighted by Gasteiger charge is -2.41. The number of fused-ring (bicyclic) bond motifs is 1. The van der Waals surface area contributed by atoms with Crippen LogP contribution in [0, 0.1) is 0 Å². The molecule has 2 fully saturated rings. The highest BCUT2D eigenvalue weighted by molar-refractivity contribution is 8.08. The third-order valence-electron chi connectivity index (χ3n) is 6.10. The van der Waals surface area contributed by atoms with Gasteiger partial charge in [-0.1, -0.05) is 0 Å². The summed E-state index contributed by atoms with van der Waals surface area (Å²) in [5, 5.41) is 59.3. The van der Waals surface area contributed by atoms with Gasteiger partial charge in [0.2, 0.25) is 0 Å². The van der Waals surface area contributed by atoms with E-state index in [0.29, 0.717) is 0 Å². The van der Waals surface area contributed by atoms with Gasteiger partial charge in [-0.15, -0.1) is 0 Å². The number of hydrogen-bond acceptors (Lipinski definition) is 18. The molecule has 4 heterocycles. The lowest BCUT2D eigenvalue weighted by Crippen LogP contribution is -2.61. The van der Waals surface area contributed by atoms with Crippen LogP contribution in [-0.4, -0.2) is 128 Å². The van der Waals surface area contributed by atoms with Crippen LogP contribution in [0.25, 0.3) is 11.2 Å². The highest BCUT2D eigenvalue weighted by Gasteiger charge is 2.50. The normalized spacial score (nSPS) is 36.8. The molecule has 0 radical (unpaired) electrons. The van der Waals surface area contributed by atoms with Gasteiger partial charge in [-0.2, -0.15) is 0 Å². The number of aliphatic hydroxyl groups is 6. The molecule has 2 saturated heterocycles. The Hall–Kier alpha value is -1.33. The second kappa shape index (κ2) is 12.1. The first kappa shape index (κ1) is 31.6. The number of phosphoric acid groups is 1. The van der Waals surface area contributed by atoms with E-state index in [9.17, 15) is 39.9 Å². The van der Waals surface area contributed by atoms with Gasteiger partial charge in [-0.3, -0.25) is 9.09 Å². The Balaban J connectivity index is 1.38. The average molecular weight is 634 g/mol. The fraction of sp³-hybridized carbons (Fsp3) is 0.706. The molecule has 12 N–H and O–H groups in total. The number of rotatable bonds is 10. The molecular weight excluding hydrogens is 606 g/mol. The van der Waals surface area contributed by atoms with Crippen molar-refractivity contribution in [2.24, 2.45) is 5.73 Å². The zero-order valence-electron chi connectivity index (χ0n) is 20.1. The molecule has 0 spiro atoms. The minimum Gasteiger partial charge on any atom is -0.394 e. The Labute approximate surface area is 229 Å². The summed E-state index contributed by atoms with van der Waals surface area (Å²) in [6.07, 6.45) is -12.9. The summed E-state index contributed by atoms with van der Waals surface area (Å²) in [4.78, 5) is 32.4. The van der Waals surface area contributed by atoms with Crippen molar-refractivity contribution in [2.45, 2.75) is 61.3 Å². The lowest BCUT2D eigenvalue weighted by molar-refractivity contribution is -0.292. The molecule has 40 heavy (non-hydrogen) atoms. The van der Waals surface area contributed by atoms with Crippen LogP contribution in [0.3, 0.4) is 0 Å². The molecule has 2 aromatic rings. The van der Waals surface area contributed by atoms with E-state index in [1.807, 2.05) is 0 Å². The van der Waals surface area contributed by atoms with Gasteiger partial charge >= 0.3 is 14.5 Å². The Kier molecular flexibility index (Phi) is 9.57. The SMILES string of the molecule is Nc1ncnc2c1ncn2[C@@H]1O[C@H](COP(O)(=S)OP(=O)(O)OC2OC([C@@H](O)CO)C(O)C(O)C2O)[C@@H](O)[C@H]1N. The minimum absolute atomic E-state index is 0.0986. The molecule has 2 aliphatic rings. The summed E-state index contributed by atoms with van der Waals surface area (Å²) in [7, 11) is -5.42. The van der Waals surface area contributed by atoms with E-state index in [1.165, 1.54) is 17.2 Å². The number of ether oxygens (including phenoxy) is 2. The smallest absolute Gasteiger partial charge is 0.394 e.